The van der Waals surface area contributed by atoms with Crippen molar-refractivity contribution in [1.29, 1.82) is 0 Å². The second kappa shape index (κ2) is 6.92. The largest absolute Gasteiger partial charge is 0.481 e. The second-order valence-electron chi connectivity index (χ2n) is 6.07. The fourth-order valence-corrected chi connectivity index (χ4v) is 3.32. The fraction of sp³-hybridized carbons (Fsp3) is 0.867. The Labute approximate surface area is 115 Å². The van der Waals surface area contributed by atoms with E-state index < -0.39 is 11.9 Å². The Hall–Kier alpha value is -1.06. The Morgan fingerprint density at radius 3 is 2.26 bits per heavy atom. The lowest BCUT2D eigenvalue weighted by atomic mass is 9.73. The van der Waals surface area contributed by atoms with E-state index in [4.69, 9.17) is 5.11 Å². The van der Waals surface area contributed by atoms with Gasteiger partial charge in [-0.3, -0.25) is 9.59 Å². The molecule has 2 unspecified atom stereocenters. The minimum absolute atomic E-state index is 0.0534. The first-order chi connectivity index (χ1) is 9.18. The highest BCUT2D eigenvalue weighted by molar-refractivity contribution is 5.86. The number of carbonyl (C=O) groups excluding carboxylic acids is 1. The van der Waals surface area contributed by atoms with Crippen LogP contribution in [-0.2, 0) is 9.59 Å². The van der Waals surface area contributed by atoms with Gasteiger partial charge in [0.05, 0.1) is 11.8 Å². The van der Waals surface area contributed by atoms with Crippen molar-refractivity contribution >= 4 is 11.9 Å². The van der Waals surface area contributed by atoms with E-state index in [0.29, 0.717) is 13.0 Å². The van der Waals surface area contributed by atoms with Gasteiger partial charge >= 0.3 is 5.97 Å². The SMILES string of the molecule is O=C(O)C1CCC1C(=O)NCCCC1CCCCC1. The Kier molecular flexibility index (Phi) is 5.23. The second-order valence-corrected chi connectivity index (χ2v) is 6.07. The highest BCUT2D eigenvalue weighted by Crippen LogP contribution is 2.34. The van der Waals surface area contributed by atoms with Crippen molar-refractivity contribution in [3.8, 4) is 0 Å². The summed E-state index contributed by atoms with van der Waals surface area (Å²) in [6, 6.07) is 0. The van der Waals surface area contributed by atoms with Gasteiger partial charge in [0.2, 0.25) is 5.91 Å². The molecule has 0 aliphatic heterocycles. The molecule has 2 rings (SSSR count). The zero-order valence-electron chi connectivity index (χ0n) is 11.6. The topological polar surface area (TPSA) is 66.4 Å². The van der Waals surface area contributed by atoms with Gasteiger partial charge in [0.1, 0.15) is 0 Å². The molecule has 2 atom stereocenters. The van der Waals surface area contributed by atoms with Crippen molar-refractivity contribution in [3.63, 3.8) is 0 Å². The van der Waals surface area contributed by atoms with Crippen molar-refractivity contribution in [2.75, 3.05) is 6.54 Å². The van der Waals surface area contributed by atoms with E-state index in [1.807, 2.05) is 0 Å². The molecule has 0 aromatic carbocycles. The Balaban J connectivity index is 1.57. The van der Waals surface area contributed by atoms with Crippen LogP contribution in [0.1, 0.15) is 57.8 Å². The van der Waals surface area contributed by atoms with Crippen molar-refractivity contribution < 1.29 is 14.7 Å². The lowest BCUT2D eigenvalue weighted by Crippen LogP contribution is -2.44. The van der Waals surface area contributed by atoms with Crippen LogP contribution in [0.4, 0.5) is 0 Å². The summed E-state index contributed by atoms with van der Waals surface area (Å²) in [5.74, 6) is -0.762. The summed E-state index contributed by atoms with van der Waals surface area (Å²) < 4.78 is 0. The molecule has 108 valence electrons. The third-order valence-corrected chi connectivity index (χ3v) is 4.74. The molecule has 0 saturated heterocycles. The van der Waals surface area contributed by atoms with Crippen LogP contribution in [0.2, 0.25) is 0 Å². The monoisotopic (exact) mass is 267 g/mol. The summed E-state index contributed by atoms with van der Waals surface area (Å²) in [5, 5.41) is 11.8. The van der Waals surface area contributed by atoms with Crippen LogP contribution < -0.4 is 5.32 Å². The van der Waals surface area contributed by atoms with E-state index in [1.54, 1.807) is 0 Å². The van der Waals surface area contributed by atoms with Crippen LogP contribution in [-0.4, -0.2) is 23.5 Å². The van der Waals surface area contributed by atoms with E-state index in [0.717, 1.165) is 18.8 Å². The summed E-state index contributed by atoms with van der Waals surface area (Å²) >= 11 is 0. The summed E-state index contributed by atoms with van der Waals surface area (Å²) in [7, 11) is 0. The predicted octanol–water partition coefficient (Wildman–Crippen LogP) is 2.57. The predicted molar refractivity (Wildman–Crippen MR) is 72.7 cm³/mol. The van der Waals surface area contributed by atoms with E-state index in [1.165, 1.54) is 38.5 Å². The molecular formula is C15H25NO3. The molecule has 4 heteroatoms. The van der Waals surface area contributed by atoms with Crippen molar-refractivity contribution in [3.05, 3.63) is 0 Å². The standard InChI is InChI=1S/C15H25NO3/c17-14(12-8-9-13(12)15(18)19)16-10-4-7-11-5-2-1-3-6-11/h11-13H,1-10H2,(H,16,17)(H,18,19). The number of carboxylic acid groups (broad SMARTS) is 1. The molecule has 2 N–H and O–H groups in total. The first-order valence-electron chi connectivity index (χ1n) is 7.69. The van der Waals surface area contributed by atoms with E-state index in [-0.39, 0.29) is 11.8 Å². The summed E-state index contributed by atoms with van der Waals surface area (Å²) in [6.45, 7) is 0.707. The third kappa shape index (κ3) is 3.95. The summed E-state index contributed by atoms with van der Waals surface area (Å²) in [4.78, 5) is 22.7. The van der Waals surface area contributed by atoms with Crippen LogP contribution in [0, 0.1) is 17.8 Å². The number of amides is 1. The van der Waals surface area contributed by atoms with Gasteiger partial charge in [0.25, 0.3) is 0 Å². The van der Waals surface area contributed by atoms with Gasteiger partial charge in [-0.1, -0.05) is 32.1 Å². The van der Waals surface area contributed by atoms with Crippen LogP contribution in [0.5, 0.6) is 0 Å². The van der Waals surface area contributed by atoms with Crippen molar-refractivity contribution in [2.24, 2.45) is 17.8 Å². The number of carboxylic acids is 1. The maximum Gasteiger partial charge on any atom is 0.307 e. The van der Waals surface area contributed by atoms with Crippen molar-refractivity contribution in [1.82, 2.24) is 5.32 Å². The maximum atomic E-state index is 11.8. The Morgan fingerprint density at radius 2 is 1.68 bits per heavy atom. The number of nitrogens with one attached hydrogen (secondary N) is 1. The van der Waals surface area contributed by atoms with Gasteiger partial charge < -0.3 is 10.4 Å². The number of carbonyl (C=O) groups is 2. The molecule has 0 aromatic heterocycles. The maximum absolute atomic E-state index is 11.8. The van der Waals surface area contributed by atoms with E-state index in [9.17, 15) is 9.59 Å². The number of hydrogen-bond donors (Lipinski definition) is 2. The Morgan fingerprint density at radius 1 is 1.00 bits per heavy atom. The summed E-state index contributed by atoms with van der Waals surface area (Å²) in [5.41, 5.74) is 0. The number of hydrogen-bond acceptors (Lipinski definition) is 2. The molecule has 0 spiro atoms. The van der Waals surface area contributed by atoms with Gasteiger partial charge in [-0.25, -0.2) is 0 Å². The zero-order valence-corrected chi connectivity index (χ0v) is 11.6. The fourth-order valence-electron chi connectivity index (χ4n) is 3.32. The molecule has 2 aliphatic carbocycles. The lowest BCUT2D eigenvalue weighted by molar-refractivity contribution is -0.152. The summed E-state index contributed by atoms with van der Waals surface area (Å²) in [6.07, 6.45) is 10.4. The number of rotatable bonds is 6. The van der Waals surface area contributed by atoms with E-state index >= 15 is 0 Å². The minimum Gasteiger partial charge on any atom is -0.481 e. The van der Waals surface area contributed by atoms with Crippen LogP contribution >= 0.6 is 0 Å². The molecule has 4 nitrogen and oxygen atoms in total. The lowest BCUT2D eigenvalue weighted by Gasteiger charge is -2.32. The smallest absolute Gasteiger partial charge is 0.307 e. The molecule has 2 fully saturated rings. The minimum atomic E-state index is -0.825. The molecule has 0 aromatic rings. The van der Waals surface area contributed by atoms with Crippen LogP contribution in [0.3, 0.4) is 0 Å². The molecule has 2 saturated carbocycles. The molecule has 19 heavy (non-hydrogen) atoms. The van der Waals surface area contributed by atoms with Crippen LogP contribution in [0.25, 0.3) is 0 Å². The van der Waals surface area contributed by atoms with Gasteiger partial charge in [0, 0.05) is 6.54 Å². The van der Waals surface area contributed by atoms with Crippen molar-refractivity contribution in [2.45, 2.75) is 57.8 Å². The Bertz CT molecular complexity index is 323. The van der Waals surface area contributed by atoms with Gasteiger partial charge in [-0.2, -0.15) is 0 Å². The zero-order chi connectivity index (χ0) is 13.7. The average molecular weight is 267 g/mol. The molecule has 1 amide bonds. The van der Waals surface area contributed by atoms with Gasteiger partial charge in [0.15, 0.2) is 0 Å². The van der Waals surface area contributed by atoms with E-state index in [2.05, 4.69) is 5.32 Å². The molecule has 0 bridgehead atoms. The van der Waals surface area contributed by atoms with Gasteiger partial charge in [-0.15, -0.1) is 0 Å². The average Bonchev–Trinajstić information content (AvgIpc) is 2.34. The normalized spacial score (nSPS) is 27.6. The first-order valence-corrected chi connectivity index (χ1v) is 7.69. The van der Waals surface area contributed by atoms with Crippen LogP contribution in [0.15, 0.2) is 0 Å². The first kappa shape index (κ1) is 14.4. The molecular weight excluding hydrogens is 242 g/mol. The quantitative estimate of drug-likeness (QED) is 0.727. The van der Waals surface area contributed by atoms with Gasteiger partial charge in [-0.05, 0) is 31.6 Å². The molecule has 2 aliphatic rings. The highest BCUT2D eigenvalue weighted by atomic mass is 16.4. The molecule has 0 radical (unpaired) electrons. The highest BCUT2D eigenvalue weighted by Gasteiger charge is 2.41. The molecule has 0 heterocycles. The number of aliphatic carboxylic acids is 1. The third-order valence-electron chi connectivity index (χ3n) is 4.74.